The molecule has 0 fully saturated rings. The molecule has 1 aliphatic heterocycles. The molecule has 144 valence electrons. The molecule has 0 spiro atoms. The predicted octanol–water partition coefficient (Wildman–Crippen LogP) is 1.37. The van der Waals surface area contributed by atoms with Crippen LogP contribution in [0, 0.1) is 0 Å². The van der Waals surface area contributed by atoms with Gasteiger partial charge in [-0.2, -0.15) is 0 Å². The topological polar surface area (TPSA) is 78.3 Å². The summed E-state index contributed by atoms with van der Waals surface area (Å²) in [5.74, 6) is 0.269. The van der Waals surface area contributed by atoms with Gasteiger partial charge in [-0.25, -0.2) is 4.79 Å². The highest BCUT2D eigenvalue weighted by atomic mass is 32.1. The van der Waals surface area contributed by atoms with E-state index in [0.717, 1.165) is 30.0 Å². The molecule has 1 amide bonds. The third-order valence-electron chi connectivity index (χ3n) is 4.62. The van der Waals surface area contributed by atoms with Crippen LogP contribution in [0.25, 0.3) is 0 Å². The van der Waals surface area contributed by atoms with E-state index in [1.807, 2.05) is 0 Å². The van der Waals surface area contributed by atoms with Crippen LogP contribution in [-0.2, 0) is 17.7 Å². The SMILES string of the molecule is COC(=O)c1c(NC(=O)c2ccc(OC)c(OC)c2)sc2c1CC[NH+](C)C2. The number of carbonyl (C=O) groups excluding carboxylic acids is 2. The van der Waals surface area contributed by atoms with E-state index >= 15 is 0 Å². The quantitative estimate of drug-likeness (QED) is 0.753. The van der Waals surface area contributed by atoms with E-state index < -0.39 is 5.97 Å². The molecule has 0 bridgehead atoms. The van der Waals surface area contributed by atoms with Crippen molar-refractivity contribution in [3.63, 3.8) is 0 Å². The van der Waals surface area contributed by atoms with Gasteiger partial charge in [0.25, 0.3) is 5.91 Å². The predicted molar refractivity (Wildman–Crippen MR) is 102 cm³/mol. The maximum absolute atomic E-state index is 12.8. The Balaban J connectivity index is 1.93. The molecular formula is C19H23N2O5S+. The van der Waals surface area contributed by atoms with Crippen LogP contribution in [-0.4, -0.2) is 46.8 Å². The van der Waals surface area contributed by atoms with Gasteiger partial charge in [0, 0.05) is 12.0 Å². The third kappa shape index (κ3) is 3.77. The molecule has 7 nitrogen and oxygen atoms in total. The van der Waals surface area contributed by atoms with Crippen LogP contribution in [0.15, 0.2) is 18.2 Å². The van der Waals surface area contributed by atoms with Crippen molar-refractivity contribution in [2.24, 2.45) is 0 Å². The van der Waals surface area contributed by atoms with Gasteiger partial charge in [0.1, 0.15) is 11.5 Å². The molecule has 3 rings (SSSR count). The average molecular weight is 391 g/mol. The number of hydrogen-bond donors (Lipinski definition) is 2. The number of esters is 1. The minimum atomic E-state index is -0.422. The van der Waals surface area contributed by atoms with Crippen molar-refractivity contribution in [2.45, 2.75) is 13.0 Å². The highest BCUT2D eigenvalue weighted by Gasteiger charge is 2.30. The van der Waals surface area contributed by atoms with Crippen molar-refractivity contribution in [2.75, 3.05) is 40.2 Å². The van der Waals surface area contributed by atoms with E-state index in [1.165, 1.54) is 37.6 Å². The zero-order valence-electron chi connectivity index (χ0n) is 15.8. The van der Waals surface area contributed by atoms with E-state index in [1.54, 1.807) is 18.2 Å². The Bertz CT molecular complexity index is 877. The van der Waals surface area contributed by atoms with Gasteiger partial charge in [0.15, 0.2) is 11.5 Å². The van der Waals surface area contributed by atoms with Crippen molar-refractivity contribution in [1.82, 2.24) is 0 Å². The van der Waals surface area contributed by atoms with E-state index in [2.05, 4.69) is 12.4 Å². The molecule has 2 heterocycles. The van der Waals surface area contributed by atoms with Gasteiger partial charge in [0.2, 0.25) is 0 Å². The lowest BCUT2D eigenvalue weighted by molar-refractivity contribution is -0.895. The number of thiophene rings is 1. The fraction of sp³-hybridized carbons (Fsp3) is 0.368. The monoisotopic (exact) mass is 391 g/mol. The number of likely N-dealkylation sites (N-methyl/N-ethyl adjacent to an activating group) is 1. The van der Waals surface area contributed by atoms with Crippen LogP contribution in [0.3, 0.4) is 0 Å². The number of fused-ring (bicyclic) bond motifs is 1. The number of hydrogen-bond acceptors (Lipinski definition) is 6. The van der Waals surface area contributed by atoms with Crippen LogP contribution in [0.4, 0.5) is 5.00 Å². The van der Waals surface area contributed by atoms with Gasteiger partial charge in [0.05, 0.1) is 45.4 Å². The van der Waals surface area contributed by atoms with Gasteiger partial charge in [-0.15, -0.1) is 11.3 Å². The summed E-state index contributed by atoms with van der Waals surface area (Å²) in [7, 11) is 6.52. The number of quaternary nitrogens is 1. The maximum Gasteiger partial charge on any atom is 0.341 e. The number of rotatable bonds is 5. The van der Waals surface area contributed by atoms with Crippen LogP contribution >= 0.6 is 11.3 Å². The maximum atomic E-state index is 12.8. The van der Waals surface area contributed by atoms with E-state index in [4.69, 9.17) is 14.2 Å². The molecular weight excluding hydrogens is 368 g/mol. The molecule has 1 aliphatic rings. The van der Waals surface area contributed by atoms with Crippen molar-refractivity contribution < 1.29 is 28.7 Å². The number of methoxy groups -OCH3 is 3. The van der Waals surface area contributed by atoms with Crippen molar-refractivity contribution in [1.29, 1.82) is 0 Å². The first-order valence-corrected chi connectivity index (χ1v) is 9.37. The molecule has 1 atom stereocenters. The Hall–Kier alpha value is -2.58. The van der Waals surface area contributed by atoms with E-state index in [-0.39, 0.29) is 5.91 Å². The Morgan fingerprint density at radius 1 is 1.15 bits per heavy atom. The number of nitrogens with one attached hydrogen (secondary N) is 2. The molecule has 1 aromatic carbocycles. The molecule has 2 aromatic rings. The molecule has 27 heavy (non-hydrogen) atoms. The summed E-state index contributed by atoms with van der Waals surface area (Å²) in [6, 6.07) is 4.93. The Kier molecular flexibility index (Phi) is 5.67. The Labute approximate surface area is 161 Å². The lowest BCUT2D eigenvalue weighted by Gasteiger charge is -2.19. The molecule has 2 N–H and O–H groups in total. The summed E-state index contributed by atoms with van der Waals surface area (Å²) in [4.78, 5) is 27.6. The van der Waals surface area contributed by atoms with Crippen molar-refractivity contribution in [3.8, 4) is 11.5 Å². The largest absolute Gasteiger partial charge is 0.493 e. The van der Waals surface area contributed by atoms with E-state index in [9.17, 15) is 9.59 Å². The fourth-order valence-electron chi connectivity index (χ4n) is 3.18. The minimum Gasteiger partial charge on any atom is -0.493 e. The smallest absolute Gasteiger partial charge is 0.341 e. The zero-order valence-corrected chi connectivity index (χ0v) is 16.6. The first-order valence-electron chi connectivity index (χ1n) is 8.56. The first kappa shape index (κ1) is 19.2. The highest BCUT2D eigenvalue weighted by Crippen LogP contribution is 2.36. The molecule has 0 aliphatic carbocycles. The molecule has 0 saturated heterocycles. The van der Waals surface area contributed by atoms with Gasteiger partial charge in [-0.05, 0) is 23.8 Å². The molecule has 8 heteroatoms. The standard InChI is InChI=1S/C19H22N2O5S/c1-21-8-7-12-15(10-21)27-18(16(12)19(23)26-4)20-17(22)11-5-6-13(24-2)14(9-11)25-3/h5-6,9H,7-8,10H2,1-4H3,(H,20,22)/p+1. The Morgan fingerprint density at radius 3 is 2.56 bits per heavy atom. The van der Waals surface area contributed by atoms with Crippen LogP contribution in [0.5, 0.6) is 11.5 Å². The number of benzene rings is 1. The second-order valence-electron chi connectivity index (χ2n) is 6.36. The summed E-state index contributed by atoms with van der Waals surface area (Å²) in [5.41, 5.74) is 1.87. The van der Waals surface area contributed by atoms with Gasteiger partial charge in [-0.3, -0.25) is 4.79 Å². The number of ether oxygens (including phenoxy) is 3. The van der Waals surface area contributed by atoms with Gasteiger partial charge >= 0.3 is 5.97 Å². The fourth-order valence-corrected chi connectivity index (χ4v) is 4.52. The second-order valence-corrected chi connectivity index (χ2v) is 7.46. The third-order valence-corrected chi connectivity index (χ3v) is 5.76. The average Bonchev–Trinajstić information content (AvgIpc) is 3.03. The van der Waals surface area contributed by atoms with Crippen LogP contribution in [0.1, 0.15) is 31.2 Å². The first-order chi connectivity index (χ1) is 13.0. The normalized spacial score (nSPS) is 15.6. The lowest BCUT2D eigenvalue weighted by atomic mass is 10.0. The molecule has 1 aromatic heterocycles. The molecule has 1 unspecified atom stereocenters. The summed E-state index contributed by atoms with van der Waals surface area (Å²) < 4.78 is 15.4. The van der Waals surface area contributed by atoms with Gasteiger partial charge in [-0.1, -0.05) is 0 Å². The summed E-state index contributed by atoms with van der Waals surface area (Å²) in [6.45, 7) is 1.77. The summed E-state index contributed by atoms with van der Waals surface area (Å²) >= 11 is 1.44. The Morgan fingerprint density at radius 2 is 1.89 bits per heavy atom. The minimum absolute atomic E-state index is 0.319. The molecule has 0 radical (unpaired) electrons. The molecule has 0 saturated carbocycles. The van der Waals surface area contributed by atoms with Gasteiger partial charge < -0.3 is 24.4 Å². The highest BCUT2D eigenvalue weighted by molar-refractivity contribution is 7.17. The van der Waals surface area contributed by atoms with Crippen LogP contribution in [0.2, 0.25) is 0 Å². The van der Waals surface area contributed by atoms with Crippen molar-refractivity contribution >= 4 is 28.2 Å². The number of amides is 1. The van der Waals surface area contributed by atoms with Crippen LogP contribution < -0.4 is 19.7 Å². The summed E-state index contributed by atoms with van der Waals surface area (Å²) in [5, 5.41) is 3.41. The zero-order chi connectivity index (χ0) is 19.6. The van der Waals surface area contributed by atoms with Crippen molar-refractivity contribution in [3.05, 3.63) is 39.8 Å². The number of anilines is 1. The number of carbonyl (C=O) groups is 2. The lowest BCUT2D eigenvalue weighted by Crippen LogP contribution is -3.08. The summed E-state index contributed by atoms with van der Waals surface area (Å²) in [6.07, 6.45) is 0.786. The van der Waals surface area contributed by atoms with E-state index in [0.29, 0.717) is 27.6 Å². The second kappa shape index (κ2) is 7.98.